The van der Waals surface area contributed by atoms with Gasteiger partial charge in [-0.15, -0.1) is 0 Å². The third-order valence-electron chi connectivity index (χ3n) is 5.99. The Bertz CT molecular complexity index is 1400. The SMILES string of the molecule is CC.c1ccc(-c2cccc3c4cccc(-c5ccccc5)c4n(-c4ccccc4)c23)cc1. The third kappa shape index (κ3) is 3.62. The Morgan fingerprint density at radius 2 is 0.788 bits per heavy atom. The second-order valence-electron chi connectivity index (χ2n) is 7.81. The lowest BCUT2D eigenvalue weighted by molar-refractivity contribution is 1.18. The van der Waals surface area contributed by atoms with E-state index in [9.17, 15) is 0 Å². The van der Waals surface area contributed by atoms with Gasteiger partial charge < -0.3 is 4.57 Å². The molecule has 0 atom stereocenters. The number of fused-ring (bicyclic) bond motifs is 3. The predicted octanol–water partition coefficient (Wildman–Crippen LogP) is 9.14. The maximum atomic E-state index is 2.44. The van der Waals surface area contributed by atoms with Crippen LogP contribution in [0.4, 0.5) is 0 Å². The van der Waals surface area contributed by atoms with E-state index in [-0.39, 0.29) is 0 Å². The molecule has 0 unspecified atom stereocenters. The molecule has 0 radical (unpaired) electrons. The molecule has 5 aromatic carbocycles. The molecular formula is C32H27N. The molecule has 1 nitrogen and oxygen atoms in total. The first-order valence-electron chi connectivity index (χ1n) is 11.6. The molecule has 0 spiro atoms. The van der Waals surface area contributed by atoms with Gasteiger partial charge in [0.05, 0.1) is 11.0 Å². The molecule has 1 aromatic heterocycles. The fourth-order valence-corrected chi connectivity index (χ4v) is 4.65. The zero-order valence-corrected chi connectivity index (χ0v) is 19.1. The molecule has 0 aliphatic carbocycles. The van der Waals surface area contributed by atoms with Crippen LogP contribution < -0.4 is 0 Å². The summed E-state index contributed by atoms with van der Waals surface area (Å²) in [5, 5.41) is 2.55. The molecule has 33 heavy (non-hydrogen) atoms. The summed E-state index contributed by atoms with van der Waals surface area (Å²) in [6, 6.07) is 45.4. The van der Waals surface area contributed by atoms with Crippen LogP contribution in [-0.2, 0) is 0 Å². The van der Waals surface area contributed by atoms with E-state index in [1.54, 1.807) is 0 Å². The Kier molecular flexibility index (Phi) is 5.78. The van der Waals surface area contributed by atoms with Gasteiger partial charge in [0.25, 0.3) is 0 Å². The van der Waals surface area contributed by atoms with Gasteiger partial charge in [0.1, 0.15) is 0 Å². The van der Waals surface area contributed by atoms with E-state index in [4.69, 9.17) is 0 Å². The summed E-state index contributed by atoms with van der Waals surface area (Å²) in [5.74, 6) is 0. The summed E-state index contributed by atoms with van der Waals surface area (Å²) in [7, 11) is 0. The zero-order chi connectivity index (χ0) is 22.6. The summed E-state index contributed by atoms with van der Waals surface area (Å²) in [6.07, 6.45) is 0. The summed E-state index contributed by atoms with van der Waals surface area (Å²) < 4.78 is 2.44. The number of benzene rings is 5. The van der Waals surface area contributed by atoms with Crippen molar-refractivity contribution in [3.05, 3.63) is 127 Å². The fourth-order valence-electron chi connectivity index (χ4n) is 4.65. The van der Waals surface area contributed by atoms with Crippen molar-refractivity contribution in [3.63, 3.8) is 0 Å². The van der Waals surface area contributed by atoms with Gasteiger partial charge in [-0.05, 0) is 23.3 Å². The lowest BCUT2D eigenvalue weighted by Crippen LogP contribution is -1.96. The molecule has 0 saturated carbocycles. The van der Waals surface area contributed by atoms with Gasteiger partial charge >= 0.3 is 0 Å². The van der Waals surface area contributed by atoms with Crippen molar-refractivity contribution >= 4 is 21.8 Å². The van der Waals surface area contributed by atoms with Crippen LogP contribution in [0.3, 0.4) is 0 Å². The smallest absolute Gasteiger partial charge is 0.0619 e. The van der Waals surface area contributed by atoms with Gasteiger partial charge in [-0.3, -0.25) is 0 Å². The first-order valence-corrected chi connectivity index (χ1v) is 11.6. The quantitative estimate of drug-likeness (QED) is 0.266. The van der Waals surface area contributed by atoms with Gasteiger partial charge in [0, 0.05) is 27.6 Å². The average Bonchev–Trinajstić information content (AvgIpc) is 3.26. The summed E-state index contributed by atoms with van der Waals surface area (Å²) in [5.41, 5.74) is 8.63. The first kappa shape index (κ1) is 20.8. The van der Waals surface area contributed by atoms with Crippen LogP contribution in [0.5, 0.6) is 0 Å². The summed E-state index contributed by atoms with van der Waals surface area (Å²) >= 11 is 0. The van der Waals surface area contributed by atoms with Crippen LogP contribution in [-0.4, -0.2) is 4.57 Å². The van der Waals surface area contributed by atoms with Crippen molar-refractivity contribution < 1.29 is 0 Å². The number of nitrogens with zero attached hydrogens (tertiary/aromatic N) is 1. The van der Waals surface area contributed by atoms with Crippen molar-refractivity contribution in [2.45, 2.75) is 13.8 Å². The molecule has 0 bridgehead atoms. The Morgan fingerprint density at radius 3 is 1.21 bits per heavy atom. The maximum Gasteiger partial charge on any atom is 0.0619 e. The number of rotatable bonds is 3. The normalized spacial score (nSPS) is 10.7. The van der Waals surface area contributed by atoms with Crippen molar-refractivity contribution in [1.82, 2.24) is 4.57 Å². The molecule has 0 saturated heterocycles. The second kappa shape index (κ2) is 9.18. The van der Waals surface area contributed by atoms with Crippen molar-refractivity contribution in [2.75, 3.05) is 0 Å². The molecule has 0 aliphatic heterocycles. The van der Waals surface area contributed by atoms with E-state index in [0.29, 0.717) is 0 Å². The number of para-hydroxylation sites is 3. The number of aromatic nitrogens is 1. The van der Waals surface area contributed by atoms with Gasteiger partial charge in [0.2, 0.25) is 0 Å². The molecule has 6 aromatic rings. The van der Waals surface area contributed by atoms with E-state index in [2.05, 4.69) is 132 Å². The largest absolute Gasteiger partial charge is 0.308 e. The highest BCUT2D eigenvalue weighted by Crippen LogP contribution is 2.41. The molecule has 0 amide bonds. The van der Waals surface area contributed by atoms with Gasteiger partial charge in [0.15, 0.2) is 0 Å². The molecule has 160 valence electrons. The minimum Gasteiger partial charge on any atom is -0.308 e. The predicted molar refractivity (Wildman–Crippen MR) is 143 cm³/mol. The Balaban J connectivity index is 0.00000111. The van der Waals surface area contributed by atoms with Crippen LogP contribution in [0.2, 0.25) is 0 Å². The Labute approximate surface area is 195 Å². The topological polar surface area (TPSA) is 4.93 Å². The van der Waals surface area contributed by atoms with Gasteiger partial charge in [-0.1, -0.05) is 129 Å². The van der Waals surface area contributed by atoms with E-state index >= 15 is 0 Å². The molecular weight excluding hydrogens is 398 g/mol. The average molecular weight is 426 g/mol. The van der Waals surface area contributed by atoms with Gasteiger partial charge in [-0.25, -0.2) is 0 Å². The number of hydrogen-bond acceptors (Lipinski definition) is 0. The third-order valence-corrected chi connectivity index (χ3v) is 5.99. The van der Waals surface area contributed by atoms with Crippen LogP contribution in [0.25, 0.3) is 49.7 Å². The highest BCUT2D eigenvalue weighted by Gasteiger charge is 2.19. The van der Waals surface area contributed by atoms with Crippen LogP contribution in [0.15, 0.2) is 127 Å². The molecule has 1 heteroatoms. The second-order valence-corrected chi connectivity index (χ2v) is 7.81. The van der Waals surface area contributed by atoms with E-state index in [1.165, 1.54) is 49.7 Å². The monoisotopic (exact) mass is 425 g/mol. The van der Waals surface area contributed by atoms with Crippen molar-refractivity contribution in [3.8, 4) is 27.9 Å². The molecule has 0 aliphatic rings. The minimum absolute atomic E-state index is 1.18. The molecule has 1 heterocycles. The maximum absolute atomic E-state index is 2.44. The standard InChI is InChI=1S/C30H21N.C2H6/c1-4-12-22(13-5-1)25-18-10-20-27-28-21-11-19-26(23-14-6-2-7-15-23)30(28)31(29(25)27)24-16-8-3-9-17-24;1-2/h1-21H;1-2H3. The number of hydrogen-bond donors (Lipinski definition) is 0. The molecule has 0 N–H and O–H groups in total. The fraction of sp³-hybridized carbons (Fsp3) is 0.0625. The van der Waals surface area contributed by atoms with Crippen molar-refractivity contribution in [2.24, 2.45) is 0 Å². The van der Waals surface area contributed by atoms with Crippen LogP contribution in [0.1, 0.15) is 13.8 Å². The summed E-state index contributed by atoms with van der Waals surface area (Å²) in [6.45, 7) is 4.00. The minimum atomic E-state index is 1.18. The highest BCUT2D eigenvalue weighted by molar-refractivity contribution is 6.17. The van der Waals surface area contributed by atoms with E-state index in [1.807, 2.05) is 13.8 Å². The molecule has 0 fully saturated rings. The molecule has 6 rings (SSSR count). The van der Waals surface area contributed by atoms with E-state index in [0.717, 1.165) is 0 Å². The van der Waals surface area contributed by atoms with Gasteiger partial charge in [-0.2, -0.15) is 0 Å². The first-order chi connectivity index (χ1) is 16.4. The van der Waals surface area contributed by atoms with E-state index < -0.39 is 0 Å². The lowest BCUT2D eigenvalue weighted by Gasteiger charge is -2.13. The van der Waals surface area contributed by atoms with Crippen molar-refractivity contribution in [1.29, 1.82) is 0 Å². The van der Waals surface area contributed by atoms with Crippen LogP contribution in [0, 0.1) is 0 Å². The van der Waals surface area contributed by atoms with Crippen LogP contribution >= 0.6 is 0 Å². The lowest BCUT2D eigenvalue weighted by atomic mass is 10.0. The Morgan fingerprint density at radius 1 is 0.394 bits per heavy atom. The highest BCUT2D eigenvalue weighted by atomic mass is 15.0. The Hall–Kier alpha value is -4.10. The zero-order valence-electron chi connectivity index (χ0n) is 19.1. The summed E-state index contributed by atoms with van der Waals surface area (Å²) in [4.78, 5) is 0.